The van der Waals surface area contributed by atoms with Gasteiger partial charge in [0.1, 0.15) is 5.75 Å². The van der Waals surface area contributed by atoms with E-state index < -0.39 is 0 Å². The van der Waals surface area contributed by atoms with E-state index in [1.54, 1.807) is 14.2 Å². The zero-order valence-corrected chi connectivity index (χ0v) is 18.3. The van der Waals surface area contributed by atoms with Crippen molar-refractivity contribution in [2.45, 2.75) is 18.3 Å². The molecule has 2 N–H and O–H groups in total. The van der Waals surface area contributed by atoms with Gasteiger partial charge in [-0.25, -0.2) is 0 Å². The molecule has 0 aliphatic carbocycles. The Morgan fingerprint density at radius 2 is 1.90 bits per heavy atom. The first kappa shape index (κ1) is 22.2. The largest absolute Gasteiger partial charge is 0.496 e. The lowest BCUT2D eigenvalue weighted by Crippen LogP contribution is -2.49. The van der Waals surface area contributed by atoms with Gasteiger partial charge in [-0.05, 0) is 31.0 Å². The predicted molar refractivity (Wildman–Crippen MR) is 116 cm³/mol. The molecule has 2 fully saturated rings. The lowest BCUT2D eigenvalue weighted by atomic mass is 9.73. The Hall–Kier alpha value is -1.54. The molecule has 162 valence electrons. The summed E-state index contributed by atoms with van der Waals surface area (Å²) in [5, 5.41) is 7.68. The van der Waals surface area contributed by atoms with Gasteiger partial charge in [-0.2, -0.15) is 0 Å². The molecule has 0 atom stereocenters. The number of ether oxygens (including phenoxy) is 3. The van der Waals surface area contributed by atoms with Gasteiger partial charge in [0.25, 0.3) is 0 Å². The number of morpholine rings is 1. The number of hydrogen-bond acceptors (Lipinski definition) is 5. The summed E-state index contributed by atoms with van der Waals surface area (Å²) in [6.45, 7) is 7.63. The number of nitrogens with zero attached hydrogens (tertiary/aromatic N) is 2. The van der Waals surface area contributed by atoms with Gasteiger partial charge >= 0.3 is 0 Å². The Kier molecular flexibility index (Phi) is 8.41. The van der Waals surface area contributed by atoms with Crippen molar-refractivity contribution in [3.8, 4) is 5.75 Å². The summed E-state index contributed by atoms with van der Waals surface area (Å²) >= 11 is 6.33. The van der Waals surface area contributed by atoms with Crippen LogP contribution < -0.4 is 15.4 Å². The number of guanidine groups is 1. The predicted octanol–water partition coefficient (Wildman–Crippen LogP) is 1.89. The molecule has 0 spiro atoms. The molecular weight excluding hydrogens is 392 g/mol. The van der Waals surface area contributed by atoms with Crippen molar-refractivity contribution >= 4 is 17.6 Å². The van der Waals surface area contributed by atoms with Crippen molar-refractivity contribution in [1.82, 2.24) is 15.5 Å². The van der Waals surface area contributed by atoms with Crippen LogP contribution in [0.25, 0.3) is 0 Å². The third-order valence-corrected chi connectivity index (χ3v) is 6.06. The van der Waals surface area contributed by atoms with Gasteiger partial charge in [0.15, 0.2) is 5.96 Å². The average molecular weight is 425 g/mol. The lowest BCUT2D eigenvalue weighted by molar-refractivity contribution is 0.0388. The molecule has 2 saturated heterocycles. The Labute approximate surface area is 178 Å². The zero-order chi connectivity index (χ0) is 20.5. The third-order valence-electron chi connectivity index (χ3n) is 5.82. The minimum Gasteiger partial charge on any atom is -0.496 e. The highest BCUT2D eigenvalue weighted by atomic mass is 35.5. The summed E-state index contributed by atoms with van der Waals surface area (Å²) in [4.78, 5) is 6.81. The Morgan fingerprint density at radius 3 is 2.59 bits per heavy atom. The number of rotatable bonds is 7. The van der Waals surface area contributed by atoms with Gasteiger partial charge in [-0.1, -0.05) is 11.6 Å². The molecule has 29 heavy (non-hydrogen) atoms. The number of halogens is 1. The fraction of sp³-hybridized carbons (Fsp3) is 0.667. The van der Waals surface area contributed by atoms with Crippen LogP contribution in [0.3, 0.4) is 0 Å². The molecule has 0 amide bonds. The van der Waals surface area contributed by atoms with E-state index in [9.17, 15) is 0 Å². The van der Waals surface area contributed by atoms with Crippen molar-refractivity contribution in [2.24, 2.45) is 4.99 Å². The lowest BCUT2D eigenvalue weighted by Gasteiger charge is -2.39. The standard InChI is InChI=1S/C21H33ClN4O3/c1-23-20(24-7-8-26-9-13-29-14-10-26)25-16-21(5-11-28-12-6-21)18-15-17(22)3-4-19(18)27-2/h3-4,15H,5-14,16H2,1-2H3,(H2,23,24,25). The monoisotopic (exact) mass is 424 g/mol. The quantitative estimate of drug-likeness (QED) is 0.514. The fourth-order valence-corrected chi connectivity index (χ4v) is 4.20. The summed E-state index contributed by atoms with van der Waals surface area (Å²) in [6, 6.07) is 5.85. The highest BCUT2D eigenvalue weighted by Gasteiger charge is 2.37. The van der Waals surface area contributed by atoms with E-state index in [0.717, 1.165) is 94.3 Å². The average Bonchev–Trinajstić information content (AvgIpc) is 2.77. The first-order valence-corrected chi connectivity index (χ1v) is 10.7. The van der Waals surface area contributed by atoms with Gasteiger partial charge in [0.2, 0.25) is 0 Å². The summed E-state index contributed by atoms with van der Waals surface area (Å²) in [6.07, 6.45) is 1.81. The van der Waals surface area contributed by atoms with Crippen molar-refractivity contribution in [3.63, 3.8) is 0 Å². The summed E-state index contributed by atoms with van der Waals surface area (Å²) in [5.41, 5.74) is 1.02. The molecule has 7 nitrogen and oxygen atoms in total. The van der Waals surface area contributed by atoms with E-state index in [4.69, 9.17) is 25.8 Å². The van der Waals surface area contributed by atoms with Gasteiger partial charge in [0.05, 0.1) is 20.3 Å². The van der Waals surface area contributed by atoms with Crippen LogP contribution in [0.15, 0.2) is 23.2 Å². The van der Waals surface area contributed by atoms with Gasteiger partial charge in [0, 0.05) is 69.0 Å². The number of hydrogen-bond donors (Lipinski definition) is 2. The van der Waals surface area contributed by atoms with Gasteiger partial charge < -0.3 is 24.8 Å². The van der Waals surface area contributed by atoms with Crippen molar-refractivity contribution < 1.29 is 14.2 Å². The number of nitrogens with one attached hydrogen (secondary N) is 2. The molecule has 0 unspecified atom stereocenters. The molecule has 2 aliphatic heterocycles. The van der Waals surface area contributed by atoms with Crippen LogP contribution >= 0.6 is 11.6 Å². The van der Waals surface area contributed by atoms with E-state index in [-0.39, 0.29) is 5.41 Å². The SMILES string of the molecule is CN=C(NCCN1CCOCC1)NCC1(c2cc(Cl)ccc2OC)CCOCC1. The van der Waals surface area contributed by atoms with E-state index in [1.807, 2.05) is 18.2 Å². The summed E-state index contributed by atoms with van der Waals surface area (Å²) in [5.74, 6) is 1.68. The van der Waals surface area contributed by atoms with Crippen molar-refractivity contribution in [1.29, 1.82) is 0 Å². The first-order chi connectivity index (χ1) is 14.2. The Morgan fingerprint density at radius 1 is 1.17 bits per heavy atom. The molecule has 8 heteroatoms. The molecule has 0 aromatic heterocycles. The maximum Gasteiger partial charge on any atom is 0.191 e. The molecule has 1 aromatic carbocycles. The second-order valence-corrected chi connectivity index (χ2v) is 7.98. The molecule has 0 radical (unpaired) electrons. The highest BCUT2D eigenvalue weighted by Crippen LogP contribution is 2.40. The van der Waals surface area contributed by atoms with Crippen LogP contribution in [0, 0.1) is 0 Å². The van der Waals surface area contributed by atoms with Gasteiger partial charge in [-0.3, -0.25) is 9.89 Å². The van der Waals surface area contributed by atoms with Crippen LogP contribution in [0.1, 0.15) is 18.4 Å². The third kappa shape index (κ3) is 5.98. The molecule has 2 heterocycles. The number of aliphatic imine (C=N–C) groups is 1. The maximum atomic E-state index is 6.33. The topological polar surface area (TPSA) is 67.4 Å². The number of benzene rings is 1. The highest BCUT2D eigenvalue weighted by molar-refractivity contribution is 6.30. The smallest absolute Gasteiger partial charge is 0.191 e. The second kappa shape index (κ2) is 11.0. The molecule has 2 aliphatic rings. The van der Waals surface area contributed by atoms with Crippen molar-refractivity contribution in [2.75, 3.05) is 73.3 Å². The van der Waals surface area contributed by atoms with Crippen LogP contribution in [-0.4, -0.2) is 84.2 Å². The molecule has 0 saturated carbocycles. The molecule has 0 bridgehead atoms. The van der Waals surface area contributed by atoms with Crippen LogP contribution in [-0.2, 0) is 14.9 Å². The van der Waals surface area contributed by atoms with Crippen molar-refractivity contribution in [3.05, 3.63) is 28.8 Å². The fourth-order valence-electron chi connectivity index (χ4n) is 4.03. The number of methoxy groups -OCH3 is 1. The second-order valence-electron chi connectivity index (χ2n) is 7.54. The maximum absolute atomic E-state index is 6.33. The van der Waals surface area contributed by atoms with Crippen LogP contribution in [0.5, 0.6) is 5.75 Å². The minimum atomic E-state index is -0.115. The molecule has 3 rings (SSSR count). The normalized spacial score (nSPS) is 20.3. The summed E-state index contributed by atoms with van der Waals surface area (Å²) in [7, 11) is 3.51. The first-order valence-electron chi connectivity index (χ1n) is 10.3. The summed E-state index contributed by atoms with van der Waals surface area (Å²) < 4.78 is 16.7. The molecular formula is C21H33ClN4O3. The van der Waals surface area contributed by atoms with Crippen LogP contribution in [0.4, 0.5) is 0 Å². The Balaban J connectivity index is 1.63. The van der Waals surface area contributed by atoms with E-state index in [0.29, 0.717) is 0 Å². The van der Waals surface area contributed by atoms with E-state index >= 15 is 0 Å². The zero-order valence-electron chi connectivity index (χ0n) is 17.5. The van der Waals surface area contributed by atoms with Crippen LogP contribution in [0.2, 0.25) is 5.02 Å². The molecule has 1 aromatic rings. The Bertz CT molecular complexity index is 674. The minimum absolute atomic E-state index is 0.115. The van der Waals surface area contributed by atoms with E-state index in [1.165, 1.54) is 0 Å². The van der Waals surface area contributed by atoms with E-state index in [2.05, 4.69) is 20.5 Å². The van der Waals surface area contributed by atoms with Gasteiger partial charge in [-0.15, -0.1) is 0 Å².